The van der Waals surface area contributed by atoms with E-state index in [2.05, 4.69) is 21.2 Å². The molecule has 0 atom stereocenters. The third kappa shape index (κ3) is 6.14. The van der Waals surface area contributed by atoms with Crippen molar-refractivity contribution in [1.82, 2.24) is 5.32 Å². The predicted octanol–water partition coefficient (Wildman–Crippen LogP) is 4.86. The highest BCUT2D eigenvalue weighted by Gasteiger charge is 2.14. The summed E-state index contributed by atoms with van der Waals surface area (Å²) in [5.41, 5.74) is 1.66. The van der Waals surface area contributed by atoms with Gasteiger partial charge in [-0.3, -0.25) is 4.79 Å². The van der Waals surface area contributed by atoms with Crippen molar-refractivity contribution in [3.05, 3.63) is 63.6 Å². The molecule has 28 heavy (non-hydrogen) atoms. The maximum absolute atomic E-state index is 12.4. The van der Waals surface area contributed by atoms with Crippen LogP contribution < -0.4 is 14.8 Å². The number of nitriles is 1. The predicted molar refractivity (Wildman–Crippen MR) is 113 cm³/mol. The van der Waals surface area contributed by atoms with Gasteiger partial charge in [0, 0.05) is 6.54 Å². The van der Waals surface area contributed by atoms with Crippen molar-refractivity contribution in [3.63, 3.8) is 0 Å². The minimum absolute atomic E-state index is 0.0208. The number of nitrogens with zero attached hydrogens (tertiary/aromatic N) is 1. The zero-order valence-electron chi connectivity index (χ0n) is 16.0. The summed E-state index contributed by atoms with van der Waals surface area (Å²) < 4.78 is 12.1. The molecule has 2 aromatic rings. The first-order valence-corrected chi connectivity index (χ1v) is 9.91. The Morgan fingerprint density at radius 2 is 1.96 bits per heavy atom. The molecule has 2 aromatic carbocycles. The van der Waals surface area contributed by atoms with Crippen molar-refractivity contribution < 1.29 is 14.3 Å². The van der Waals surface area contributed by atoms with Gasteiger partial charge in [-0.1, -0.05) is 37.3 Å². The topological polar surface area (TPSA) is 71.3 Å². The Bertz CT molecular complexity index is 873. The molecule has 0 saturated carbocycles. The summed E-state index contributed by atoms with van der Waals surface area (Å²) in [7, 11) is 0. The molecule has 1 amide bonds. The average molecular weight is 443 g/mol. The Labute approximate surface area is 174 Å². The number of rotatable bonds is 9. The van der Waals surface area contributed by atoms with Crippen LogP contribution in [0.15, 0.2) is 52.5 Å². The molecule has 0 saturated heterocycles. The Kier molecular flexibility index (Phi) is 8.57. The third-order valence-corrected chi connectivity index (χ3v) is 4.34. The van der Waals surface area contributed by atoms with Gasteiger partial charge >= 0.3 is 0 Å². The van der Waals surface area contributed by atoms with Crippen LogP contribution in [-0.2, 0) is 11.3 Å². The summed E-state index contributed by atoms with van der Waals surface area (Å²) in [6, 6.07) is 15.1. The molecule has 6 heteroatoms. The van der Waals surface area contributed by atoms with E-state index in [1.165, 1.54) is 6.08 Å². The van der Waals surface area contributed by atoms with E-state index in [4.69, 9.17) is 9.47 Å². The highest BCUT2D eigenvalue weighted by atomic mass is 79.9. The van der Waals surface area contributed by atoms with Gasteiger partial charge in [-0.2, -0.15) is 5.26 Å². The summed E-state index contributed by atoms with van der Waals surface area (Å²) in [6.07, 6.45) is 2.41. The average Bonchev–Trinajstić information content (AvgIpc) is 2.70. The molecule has 5 nitrogen and oxygen atoms in total. The maximum Gasteiger partial charge on any atom is 0.262 e. The molecule has 0 radical (unpaired) electrons. The second-order valence-electron chi connectivity index (χ2n) is 5.95. The summed E-state index contributed by atoms with van der Waals surface area (Å²) in [4.78, 5) is 12.4. The summed E-state index contributed by atoms with van der Waals surface area (Å²) in [6.45, 7) is 5.32. The smallest absolute Gasteiger partial charge is 0.262 e. The van der Waals surface area contributed by atoms with E-state index in [0.717, 1.165) is 12.0 Å². The van der Waals surface area contributed by atoms with Crippen LogP contribution in [0.3, 0.4) is 0 Å². The number of nitrogens with one attached hydrogen (secondary N) is 1. The van der Waals surface area contributed by atoms with Gasteiger partial charge in [0.1, 0.15) is 11.6 Å². The van der Waals surface area contributed by atoms with Gasteiger partial charge in [-0.25, -0.2) is 0 Å². The van der Waals surface area contributed by atoms with Crippen molar-refractivity contribution in [2.24, 2.45) is 0 Å². The fraction of sp³-hybridized carbons (Fsp3) is 0.273. The normalized spacial score (nSPS) is 10.9. The van der Waals surface area contributed by atoms with E-state index in [0.29, 0.717) is 41.3 Å². The van der Waals surface area contributed by atoms with Crippen LogP contribution >= 0.6 is 15.9 Å². The van der Waals surface area contributed by atoms with Gasteiger partial charge in [0.05, 0.1) is 17.7 Å². The van der Waals surface area contributed by atoms with Crippen LogP contribution in [0.2, 0.25) is 0 Å². The van der Waals surface area contributed by atoms with Crippen LogP contribution in [0.25, 0.3) is 6.08 Å². The van der Waals surface area contributed by atoms with Crippen LogP contribution in [0.4, 0.5) is 0 Å². The monoisotopic (exact) mass is 442 g/mol. The first-order chi connectivity index (χ1) is 13.6. The van der Waals surface area contributed by atoms with Gasteiger partial charge in [-0.05, 0) is 58.6 Å². The number of hydrogen-bond acceptors (Lipinski definition) is 4. The highest BCUT2D eigenvalue weighted by Crippen LogP contribution is 2.37. The third-order valence-electron chi connectivity index (χ3n) is 3.75. The fourth-order valence-corrected chi connectivity index (χ4v) is 3.04. The molecule has 1 N–H and O–H groups in total. The quantitative estimate of drug-likeness (QED) is 0.444. The van der Waals surface area contributed by atoms with Crippen molar-refractivity contribution in [1.29, 1.82) is 5.26 Å². The molecule has 0 aliphatic heterocycles. The number of benzene rings is 2. The van der Waals surface area contributed by atoms with Gasteiger partial charge in [0.15, 0.2) is 11.5 Å². The fourth-order valence-electron chi connectivity index (χ4n) is 2.47. The SMILES string of the molecule is CCCOc1c(Br)cc(/C=C(\C#N)C(=O)NCc2ccccc2)cc1OCC. The van der Waals surface area contributed by atoms with Crippen molar-refractivity contribution >= 4 is 27.9 Å². The number of amides is 1. The molecule has 0 fully saturated rings. The second kappa shape index (κ2) is 11.2. The van der Waals surface area contributed by atoms with Gasteiger partial charge in [0.25, 0.3) is 5.91 Å². The minimum Gasteiger partial charge on any atom is -0.490 e. The van der Waals surface area contributed by atoms with Crippen molar-refractivity contribution in [3.8, 4) is 17.6 Å². The first-order valence-electron chi connectivity index (χ1n) is 9.12. The Morgan fingerprint density at radius 1 is 1.21 bits per heavy atom. The summed E-state index contributed by atoms with van der Waals surface area (Å²) >= 11 is 3.49. The molecule has 0 aliphatic carbocycles. The zero-order valence-corrected chi connectivity index (χ0v) is 17.6. The van der Waals surface area contributed by atoms with Crippen LogP contribution in [0.1, 0.15) is 31.4 Å². The Hall–Kier alpha value is -2.78. The van der Waals surface area contributed by atoms with E-state index >= 15 is 0 Å². The highest BCUT2D eigenvalue weighted by molar-refractivity contribution is 9.10. The maximum atomic E-state index is 12.4. The second-order valence-corrected chi connectivity index (χ2v) is 6.80. The molecule has 2 rings (SSSR count). The summed E-state index contributed by atoms with van der Waals surface area (Å²) in [5, 5.41) is 12.2. The molecule has 0 unspecified atom stereocenters. The molecular weight excluding hydrogens is 420 g/mol. The van der Waals surface area contributed by atoms with Crippen LogP contribution in [-0.4, -0.2) is 19.1 Å². The number of halogens is 1. The van der Waals surface area contributed by atoms with Crippen molar-refractivity contribution in [2.45, 2.75) is 26.8 Å². The van der Waals surface area contributed by atoms with Crippen molar-refractivity contribution in [2.75, 3.05) is 13.2 Å². The Morgan fingerprint density at radius 3 is 2.61 bits per heavy atom. The molecule has 0 aliphatic rings. The minimum atomic E-state index is -0.424. The molecule has 0 aromatic heterocycles. The molecule has 146 valence electrons. The standard InChI is InChI=1S/C22H23BrN2O3/c1-3-10-28-21-19(23)12-17(13-20(21)27-4-2)11-18(14-24)22(26)25-15-16-8-6-5-7-9-16/h5-9,11-13H,3-4,10,15H2,1-2H3,(H,25,26)/b18-11+. The lowest BCUT2D eigenvalue weighted by Gasteiger charge is -2.14. The number of carbonyl (C=O) groups excluding carboxylic acids is 1. The molecular formula is C22H23BrN2O3. The van der Waals surface area contributed by atoms with E-state index in [9.17, 15) is 10.1 Å². The summed E-state index contributed by atoms with van der Waals surface area (Å²) in [5.74, 6) is 0.762. The van der Waals surface area contributed by atoms with Gasteiger partial charge in [0.2, 0.25) is 0 Å². The van der Waals surface area contributed by atoms with E-state index < -0.39 is 5.91 Å². The van der Waals surface area contributed by atoms with E-state index in [1.807, 2.05) is 50.2 Å². The molecule has 0 bridgehead atoms. The number of carbonyl (C=O) groups is 1. The van der Waals surface area contributed by atoms with Crippen LogP contribution in [0.5, 0.6) is 11.5 Å². The number of hydrogen-bond donors (Lipinski definition) is 1. The van der Waals surface area contributed by atoms with Crippen LogP contribution in [0, 0.1) is 11.3 Å². The lowest BCUT2D eigenvalue weighted by molar-refractivity contribution is -0.117. The largest absolute Gasteiger partial charge is 0.490 e. The molecule has 0 heterocycles. The number of ether oxygens (including phenoxy) is 2. The van der Waals surface area contributed by atoms with E-state index in [-0.39, 0.29) is 5.57 Å². The molecule has 0 spiro atoms. The van der Waals surface area contributed by atoms with Gasteiger partial charge < -0.3 is 14.8 Å². The first kappa shape index (κ1) is 21.5. The lowest BCUT2D eigenvalue weighted by atomic mass is 10.1. The zero-order chi connectivity index (χ0) is 20.4. The van der Waals surface area contributed by atoms with E-state index in [1.54, 1.807) is 12.1 Å². The van der Waals surface area contributed by atoms with Gasteiger partial charge in [-0.15, -0.1) is 0 Å². The Balaban J connectivity index is 2.22. The lowest BCUT2D eigenvalue weighted by Crippen LogP contribution is -2.23.